The molecule has 0 aliphatic heterocycles. The highest BCUT2D eigenvalue weighted by Crippen LogP contribution is 2.44. The lowest BCUT2D eigenvalue weighted by Crippen LogP contribution is -2.38. The zero-order chi connectivity index (χ0) is 25.8. The van der Waals surface area contributed by atoms with Gasteiger partial charge < -0.3 is 0 Å². The molecule has 0 N–H and O–H groups in total. The Labute approximate surface area is 231 Å². The molecule has 0 aliphatic rings. The summed E-state index contributed by atoms with van der Waals surface area (Å²) >= 11 is 3.56. The van der Waals surface area contributed by atoms with Gasteiger partial charge in [0.2, 0.25) is 0 Å². The van der Waals surface area contributed by atoms with E-state index in [1.54, 1.807) is 0 Å². The SMILES string of the molecule is BrCc1ccc(-c2ccccc2-c2nncn2C(c2ccccc2)(c2ccccc2)c2ccccc2)cc1. The Balaban J connectivity index is 1.66. The normalized spacial score (nSPS) is 11.4. The molecule has 5 aromatic carbocycles. The third-order valence-corrected chi connectivity index (χ3v) is 7.72. The first kappa shape index (κ1) is 24.1. The molecule has 0 fully saturated rings. The number of hydrogen-bond acceptors (Lipinski definition) is 2. The third-order valence-electron chi connectivity index (χ3n) is 7.07. The van der Waals surface area contributed by atoms with Gasteiger partial charge in [-0.2, -0.15) is 0 Å². The van der Waals surface area contributed by atoms with Gasteiger partial charge in [0.25, 0.3) is 0 Å². The minimum atomic E-state index is -0.685. The Hall–Kier alpha value is -4.28. The number of nitrogens with zero attached hydrogens (tertiary/aromatic N) is 3. The molecule has 0 saturated carbocycles. The standard InChI is InChI=1S/C34H26BrN3/c35-24-26-20-22-27(23-21-26)31-18-10-11-19-32(31)33-37-36-25-38(33)34(28-12-4-1-5-13-28,29-14-6-2-7-15-29)30-16-8-3-9-17-30/h1-23,25H,24H2. The number of hydrogen-bond donors (Lipinski definition) is 0. The van der Waals surface area contributed by atoms with Crippen molar-refractivity contribution in [2.45, 2.75) is 10.9 Å². The second kappa shape index (κ2) is 10.6. The monoisotopic (exact) mass is 555 g/mol. The molecule has 0 radical (unpaired) electrons. The van der Waals surface area contributed by atoms with Crippen LogP contribution in [0.3, 0.4) is 0 Å². The van der Waals surface area contributed by atoms with Gasteiger partial charge in [0, 0.05) is 10.9 Å². The third kappa shape index (κ3) is 4.17. The van der Waals surface area contributed by atoms with E-state index in [1.165, 1.54) is 5.56 Å². The van der Waals surface area contributed by atoms with Crippen LogP contribution in [0.2, 0.25) is 0 Å². The second-order valence-corrected chi connectivity index (χ2v) is 9.77. The van der Waals surface area contributed by atoms with Crippen LogP contribution in [0, 0.1) is 0 Å². The van der Waals surface area contributed by atoms with Crippen LogP contribution in [-0.2, 0) is 10.9 Å². The second-order valence-electron chi connectivity index (χ2n) is 9.21. The Morgan fingerprint density at radius 2 is 1.03 bits per heavy atom. The van der Waals surface area contributed by atoms with Gasteiger partial charge >= 0.3 is 0 Å². The van der Waals surface area contributed by atoms with Crippen LogP contribution in [0.4, 0.5) is 0 Å². The van der Waals surface area contributed by atoms with Gasteiger partial charge in [0.1, 0.15) is 11.9 Å². The van der Waals surface area contributed by atoms with Crippen molar-refractivity contribution in [1.29, 1.82) is 0 Å². The van der Waals surface area contributed by atoms with Crippen LogP contribution >= 0.6 is 15.9 Å². The maximum absolute atomic E-state index is 4.75. The highest BCUT2D eigenvalue weighted by atomic mass is 79.9. The molecular weight excluding hydrogens is 530 g/mol. The highest BCUT2D eigenvalue weighted by molar-refractivity contribution is 9.08. The summed E-state index contributed by atoms with van der Waals surface area (Å²) < 4.78 is 2.23. The van der Waals surface area contributed by atoms with E-state index in [9.17, 15) is 0 Å². The highest BCUT2D eigenvalue weighted by Gasteiger charge is 2.40. The smallest absolute Gasteiger partial charge is 0.165 e. The van der Waals surface area contributed by atoms with Crippen LogP contribution in [0.15, 0.2) is 146 Å². The lowest BCUT2D eigenvalue weighted by Gasteiger charge is -2.38. The lowest BCUT2D eigenvalue weighted by atomic mass is 9.76. The van der Waals surface area contributed by atoms with E-state index < -0.39 is 5.54 Å². The number of halogens is 1. The molecule has 38 heavy (non-hydrogen) atoms. The van der Waals surface area contributed by atoms with Crippen LogP contribution < -0.4 is 0 Å². The number of aromatic nitrogens is 3. The van der Waals surface area contributed by atoms with Crippen molar-refractivity contribution < 1.29 is 0 Å². The first-order chi connectivity index (χ1) is 18.8. The fraction of sp³-hybridized carbons (Fsp3) is 0.0588. The predicted molar refractivity (Wildman–Crippen MR) is 158 cm³/mol. The summed E-state index contributed by atoms with van der Waals surface area (Å²) in [6, 6.07) is 49.0. The van der Waals surface area contributed by atoms with Crippen molar-refractivity contribution in [2.75, 3.05) is 0 Å². The van der Waals surface area contributed by atoms with Crippen molar-refractivity contribution in [2.24, 2.45) is 0 Å². The Morgan fingerprint density at radius 3 is 1.53 bits per heavy atom. The Kier molecular flexibility index (Phi) is 6.72. The van der Waals surface area contributed by atoms with E-state index in [0.717, 1.165) is 44.5 Å². The maximum atomic E-state index is 4.75. The van der Waals surface area contributed by atoms with E-state index in [4.69, 9.17) is 5.10 Å². The molecule has 0 atom stereocenters. The van der Waals surface area contributed by atoms with Gasteiger partial charge in [0.15, 0.2) is 5.82 Å². The van der Waals surface area contributed by atoms with E-state index in [1.807, 2.05) is 6.33 Å². The van der Waals surface area contributed by atoms with E-state index in [0.29, 0.717) is 0 Å². The zero-order valence-corrected chi connectivity index (χ0v) is 22.4. The minimum Gasteiger partial charge on any atom is -0.295 e. The van der Waals surface area contributed by atoms with Gasteiger partial charge in [-0.25, -0.2) is 0 Å². The maximum Gasteiger partial charge on any atom is 0.165 e. The van der Waals surface area contributed by atoms with Crippen molar-refractivity contribution >= 4 is 15.9 Å². The topological polar surface area (TPSA) is 30.7 Å². The quantitative estimate of drug-likeness (QED) is 0.146. The predicted octanol–water partition coefficient (Wildman–Crippen LogP) is 8.35. The average Bonchev–Trinajstić information content (AvgIpc) is 3.49. The lowest BCUT2D eigenvalue weighted by molar-refractivity contribution is 0.518. The summed E-state index contributed by atoms with van der Waals surface area (Å²) in [5, 5.41) is 10.1. The summed E-state index contributed by atoms with van der Waals surface area (Å²) in [5.74, 6) is 0.807. The molecule has 0 saturated heterocycles. The molecule has 6 aromatic rings. The van der Waals surface area contributed by atoms with Crippen LogP contribution in [0.1, 0.15) is 22.3 Å². The molecule has 6 rings (SSSR count). The van der Waals surface area contributed by atoms with Gasteiger partial charge in [-0.1, -0.05) is 155 Å². The molecule has 0 unspecified atom stereocenters. The van der Waals surface area contributed by atoms with Gasteiger partial charge in [-0.3, -0.25) is 4.57 Å². The molecule has 0 spiro atoms. The molecule has 1 heterocycles. The van der Waals surface area contributed by atoms with Crippen molar-refractivity contribution in [3.05, 3.63) is 168 Å². The average molecular weight is 557 g/mol. The largest absolute Gasteiger partial charge is 0.295 e. The molecule has 3 nitrogen and oxygen atoms in total. The van der Waals surface area contributed by atoms with E-state index in [2.05, 4.69) is 165 Å². The fourth-order valence-corrected chi connectivity index (χ4v) is 5.70. The van der Waals surface area contributed by atoms with E-state index >= 15 is 0 Å². The molecule has 0 bridgehead atoms. The molecule has 0 amide bonds. The summed E-state index contributed by atoms with van der Waals surface area (Å²) in [7, 11) is 0. The van der Waals surface area contributed by atoms with Crippen molar-refractivity contribution in [3.8, 4) is 22.5 Å². The zero-order valence-electron chi connectivity index (χ0n) is 20.8. The van der Waals surface area contributed by atoms with Crippen molar-refractivity contribution in [3.63, 3.8) is 0 Å². The summed E-state index contributed by atoms with van der Waals surface area (Å²) in [6.45, 7) is 0. The summed E-state index contributed by atoms with van der Waals surface area (Å²) in [5.41, 5.74) is 7.26. The number of benzene rings is 5. The number of alkyl halides is 1. The van der Waals surface area contributed by atoms with Gasteiger partial charge in [-0.05, 0) is 33.4 Å². The van der Waals surface area contributed by atoms with Crippen LogP contribution in [-0.4, -0.2) is 14.8 Å². The molecule has 0 aliphatic carbocycles. The Morgan fingerprint density at radius 1 is 0.553 bits per heavy atom. The van der Waals surface area contributed by atoms with Crippen LogP contribution in [0.25, 0.3) is 22.5 Å². The molecule has 4 heteroatoms. The van der Waals surface area contributed by atoms with E-state index in [-0.39, 0.29) is 0 Å². The first-order valence-corrected chi connectivity index (χ1v) is 13.8. The minimum absolute atomic E-state index is 0.685. The first-order valence-electron chi connectivity index (χ1n) is 12.6. The molecular formula is C34H26BrN3. The van der Waals surface area contributed by atoms with Gasteiger partial charge in [-0.15, -0.1) is 10.2 Å². The summed E-state index contributed by atoms with van der Waals surface area (Å²) in [6.07, 6.45) is 1.87. The van der Waals surface area contributed by atoms with Crippen LogP contribution in [0.5, 0.6) is 0 Å². The van der Waals surface area contributed by atoms with Gasteiger partial charge in [0.05, 0.1) is 0 Å². The summed E-state index contributed by atoms with van der Waals surface area (Å²) in [4.78, 5) is 0. The molecule has 1 aromatic heterocycles. The molecule has 184 valence electrons. The fourth-order valence-electron chi connectivity index (χ4n) is 5.32. The number of rotatable bonds is 7. The van der Waals surface area contributed by atoms with Crippen molar-refractivity contribution in [1.82, 2.24) is 14.8 Å². The Bertz CT molecular complexity index is 1530.